The molecule has 0 aliphatic carbocycles. The van der Waals surface area contributed by atoms with Crippen molar-refractivity contribution in [2.45, 2.75) is 56.6 Å². The van der Waals surface area contributed by atoms with Crippen LogP contribution in [0.25, 0.3) is 0 Å². The highest BCUT2D eigenvalue weighted by Crippen LogP contribution is 2.09. The Hall–Kier alpha value is -0.480. The summed E-state index contributed by atoms with van der Waals surface area (Å²) < 4.78 is 27.2. The molecule has 7 N–H and O–H groups in total. The van der Waals surface area contributed by atoms with Crippen molar-refractivity contribution in [3.05, 3.63) is 0 Å². The summed E-state index contributed by atoms with van der Waals surface area (Å²) in [4.78, 5) is 0. The minimum Gasteiger partial charge on any atom is -0.394 e. The summed E-state index contributed by atoms with van der Waals surface area (Å²) in [5, 5.41) is 64.3. The van der Waals surface area contributed by atoms with Gasteiger partial charge in [-0.15, -0.1) is 0 Å². The second-order valence-electron chi connectivity index (χ2n) is 7.02. The van der Waals surface area contributed by atoms with Gasteiger partial charge in [-0.05, 0) is 12.8 Å². The number of aliphatic hydroxyl groups excluding tert-OH is 7. The van der Waals surface area contributed by atoms with Crippen molar-refractivity contribution >= 4 is 0 Å². The fourth-order valence-electron chi connectivity index (χ4n) is 2.21. The molecule has 0 spiro atoms. The summed E-state index contributed by atoms with van der Waals surface area (Å²) in [6, 6.07) is 0. The average molecular weight is 461 g/mol. The van der Waals surface area contributed by atoms with Crippen LogP contribution in [0.15, 0.2) is 0 Å². The van der Waals surface area contributed by atoms with Crippen LogP contribution in [0.1, 0.15) is 19.8 Å². The lowest BCUT2D eigenvalue weighted by atomic mass is 10.2. The molecule has 6 atom stereocenters. The Kier molecular flexibility index (Phi) is 19.8. The lowest BCUT2D eigenvalue weighted by Crippen LogP contribution is -2.36. The van der Waals surface area contributed by atoms with E-state index in [1.54, 1.807) is 0 Å². The third kappa shape index (κ3) is 17.7. The maximum atomic E-state index is 9.63. The molecular weight excluding hydrogens is 420 g/mol. The van der Waals surface area contributed by atoms with Crippen molar-refractivity contribution in [3.8, 4) is 0 Å². The van der Waals surface area contributed by atoms with E-state index in [4.69, 9.17) is 39.0 Å². The van der Waals surface area contributed by atoms with Gasteiger partial charge in [0.15, 0.2) is 6.29 Å². The minimum absolute atomic E-state index is 0.0230. The van der Waals surface area contributed by atoms with E-state index in [0.29, 0.717) is 6.42 Å². The normalized spacial score (nSPS) is 17.8. The average Bonchev–Trinajstić information content (AvgIpc) is 2.77. The van der Waals surface area contributed by atoms with Crippen molar-refractivity contribution in [3.63, 3.8) is 0 Å². The van der Waals surface area contributed by atoms with Crippen LogP contribution >= 0.6 is 0 Å². The van der Waals surface area contributed by atoms with Gasteiger partial charge in [0, 0.05) is 0 Å². The largest absolute Gasteiger partial charge is 0.394 e. The smallest absolute Gasteiger partial charge is 0.177 e. The van der Waals surface area contributed by atoms with Crippen LogP contribution < -0.4 is 0 Å². The van der Waals surface area contributed by atoms with Gasteiger partial charge in [0.05, 0.1) is 78.3 Å². The number of ether oxygens (including phenoxy) is 5. The molecule has 12 nitrogen and oxygen atoms in total. The summed E-state index contributed by atoms with van der Waals surface area (Å²) >= 11 is 0. The second-order valence-corrected chi connectivity index (χ2v) is 7.02. The van der Waals surface area contributed by atoms with Gasteiger partial charge in [-0.25, -0.2) is 0 Å². The Morgan fingerprint density at radius 3 is 1.55 bits per heavy atom. The van der Waals surface area contributed by atoms with E-state index in [9.17, 15) is 20.4 Å². The van der Waals surface area contributed by atoms with Gasteiger partial charge in [0.2, 0.25) is 0 Å². The van der Waals surface area contributed by atoms with E-state index < -0.39 is 56.6 Å². The van der Waals surface area contributed by atoms with Gasteiger partial charge >= 0.3 is 0 Å². The molecule has 0 aromatic carbocycles. The molecule has 0 amide bonds. The summed E-state index contributed by atoms with van der Waals surface area (Å²) in [7, 11) is 0. The Morgan fingerprint density at radius 2 is 1.10 bits per heavy atom. The van der Waals surface area contributed by atoms with Crippen LogP contribution in [-0.2, 0) is 23.7 Å². The Labute approximate surface area is 182 Å². The number of hydrogen-bond donors (Lipinski definition) is 7. The molecule has 6 unspecified atom stereocenters. The van der Waals surface area contributed by atoms with E-state index >= 15 is 0 Å². The quantitative estimate of drug-likeness (QED) is 0.0812. The summed E-state index contributed by atoms with van der Waals surface area (Å²) in [6.45, 7) is 0.422. The van der Waals surface area contributed by atoms with Crippen LogP contribution in [0.2, 0.25) is 0 Å². The zero-order chi connectivity index (χ0) is 23.5. The molecule has 0 aromatic heterocycles. The lowest BCUT2D eigenvalue weighted by molar-refractivity contribution is -0.152. The van der Waals surface area contributed by atoms with Crippen LogP contribution in [0.5, 0.6) is 0 Å². The minimum atomic E-state index is -1.32. The third-order valence-electron chi connectivity index (χ3n) is 4.03. The van der Waals surface area contributed by atoms with Gasteiger partial charge in [-0.3, -0.25) is 0 Å². The van der Waals surface area contributed by atoms with Crippen molar-refractivity contribution in [1.29, 1.82) is 0 Å². The zero-order valence-electron chi connectivity index (χ0n) is 18.1. The zero-order valence-corrected chi connectivity index (χ0v) is 18.1. The van der Waals surface area contributed by atoms with Crippen LogP contribution in [0.3, 0.4) is 0 Å². The molecule has 0 radical (unpaired) electrons. The van der Waals surface area contributed by atoms with Crippen LogP contribution in [0, 0.1) is 0 Å². The van der Waals surface area contributed by atoms with Crippen molar-refractivity contribution in [1.82, 2.24) is 0 Å². The molecule has 31 heavy (non-hydrogen) atoms. The highest BCUT2D eigenvalue weighted by molar-refractivity contribution is 4.66. The summed E-state index contributed by atoms with van der Waals surface area (Å²) in [5.41, 5.74) is 0. The number of hydrogen-bond acceptors (Lipinski definition) is 12. The highest BCUT2D eigenvalue weighted by atomic mass is 16.6. The molecule has 0 bridgehead atoms. The molecule has 188 valence electrons. The fourth-order valence-corrected chi connectivity index (χ4v) is 2.21. The molecule has 0 fully saturated rings. The monoisotopic (exact) mass is 460 g/mol. The van der Waals surface area contributed by atoms with Crippen molar-refractivity contribution in [2.24, 2.45) is 0 Å². The second kappa shape index (κ2) is 20.1. The van der Waals surface area contributed by atoms with Crippen LogP contribution in [0.4, 0.5) is 0 Å². The molecule has 0 heterocycles. The lowest BCUT2D eigenvalue weighted by Gasteiger charge is -2.26. The Balaban J connectivity index is 4.80. The summed E-state index contributed by atoms with van der Waals surface area (Å²) in [6.07, 6.45) is -4.41. The van der Waals surface area contributed by atoms with Gasteiger partial charge in [-0.1, -0.05) is 6.92 Å². The first kappa shape index (κ1) is 30.5. The van der Waals surface area contributed by atoms with Gasteiger partial charge < -0.3 is 59.4 Å². The van der Waals surface area contributed by atoms with E-state index in [2.05, 4.69) is 0 Å². The fraction of sp³-hybridized carbons (Fsp3) is 1.00. The standard InChI is InChI=1S/C19H40O12/c1-2-14(23)8-27-12-18(13-29-10-16(25)6-21)31-17(3-4-30-19(26)7-22)11-28-9-15(24)5-20/h14-26H,2-13H2,1H3. The van der Waals surface area contributed by atoms with E-state index in [0.717, 1.165) is 0 Å². The topological polar surface area (TPSA) is 188 Å². The predicted molar refractivity (Wildman–Crippen MR) is 107 cm³/mol. The predicted octanol–water partition coefficient (Wildman–Crippen LogP) is -3.02. The van der Waals surface area contributed by atoms with Gasteiger partial charge in [-0.2, -0.15) is 0 Å². The first-order valence-corrected chi connectivity index (χ1v) is 10.4. The van der Waals surface area contributed by atoms with E-state index in [-0.39, 0.29) is 52.7 Å². The first-order chi connectivity index (χ1) is 14.9. The Morgan fingerprint density at radius 1 is 0.613 bits per heavy atom. The maximum Gasteiger partial charge on any atom is 0.177 e. The van der Waals surface area contributed by atoms with Crippen molar-refractivity contribution < 1.29 is 59.4 Å². The molecule has 0 saturated carbocycles. The molecule has 12 heteroatoms. The highest BCUT2D eigenvalue weighted by Gasteiger charge is 2.20. The Bertz CT molecular complexity index is 323. The first-order valence-electron chi connectivity index (χ1n) is 10.4. The van der Waals surface area contributed by atoms with Gasteiger partial charge in [0.25, 0.3) is 0 Å². The summed E-state index contributed by atoms with van der Waals surface area (Å²) in [5.74, 6) is 0. The molecule has 0 aliphatic rings. The van der Waals surface area contributed by atoms with Crippen molar-refractivity contribution in [2.75, 3.05) is 66.1 Å². The van der Waals surface area contributed by atoms with Crippen LogP contribution in [-0.4, -0.2) is 139 Å². The maximum absolute atomic E-state index is 9.63. The molecule has 0 aromatic rings. The number of aliphatic hydroxyl groups is 7. The molecule has 0 saturated heterocycles. The SMILES string of the molecule is CCC(O)COCC(COCC(O)CO)OC(CCOC(O)CO)COCC(O)CO. The van der Waals surface area contributed by atoms with E-state index in [1.807, 2.05) is 6.92 Å². The molecule has 0 aliphatic heterocycles. The third-order valence-corrected chi connectivity index (χ3v) is 4.03. The molecular formula is C19H40O12. The number of rotatable bonds is 22. The van der Waals surface area contributed by atoms with E-state index in [1.165, 1.54) is 0 Å². The van der Waals surface area contributed by atoms with Gasteiger partial charge in [0.1, 0.15) is 18.3 Å². The molecule has 0 rings (SSSR count).